The molecule has 38 heavy (non-hydrogen) atoms. The summed E-state index contributed by atoms with van der Waals surface area (Å²) in [4.78, 5) is 29.2. The normalized spacial score (nSPS) is 16.8. The van der Waals surface area contributed by atoms with Gasteiger partial charge in [0.15, 0.2) is 5.11 Å². The first kappa shape index (κ1) is 25.1. The van der Waals surface area contributed by atoms with Gasteiger partial charge in [-0.15, -0.1) is 0 Å². The molecule has 5 rings (SSSR count). The minimum absolute atomic E-state index is 0.0187. The van der Waals surface area contributed by atoms with E-state index in [1.807, 2.05) is 41.3 Å². The number of carbonyl (C=O) groups excluding carboxylic acids is 1. The van der Waals surface area contributed by atoms with E-state index in [2.05, 4.69) is 15.6 Å². The molecular formula is C27H23N5O5S. The summed E-state index contributed by atoms with van der Waals surface area (Å²) in [5.74, 6) is 0.848. The number of anilines is 2. The molecule has 0 radical (unpaired) electrons. The maximum Gasteiger partial charge on any atom is 0.270 e. The third-order valence-corrected chi connectivity index (χ3v) is 6.38. The average Bonchev–Trinajstić information content (AvgIpc) is 3.54. The first-order valence-electron chi connectivity index (χ1n) is 11.7. The number of aromatic nitrogens is 1. The van der Waals surface area contributed by atoms with Crippen LogP contribution >= 0.6 is 12.2 Å². The fourth-order valence-electron chi connectivity index (χ4n) is 4.40. The van der Waals surface area contributed by atoms with Gasteiger partial charge in [0.1, 0.15) is 24.2 Å². The number of furan rings is 1. The number of thiocarbonyl (C=S) groups is 1. The van der Waals surface area contributed by atoms with Crippen molar-refractivity contribution in [3.8, 4) is 11.3 Å². The molecule has 1 amide bonds. The van der Waals surface area contributed by atoms with Crippen molar-refractivity contribution in [2.45, 2.75) is 12.1 Å². The zero-order valence-corrected chi connectivity index (χ0v) is 21.1. The SMILES string of the molecule is COCC(=O)Nc1ccc(N2C(=S)N[C@H](c3ccccn3)[C@@H]2c2ccc(-c3cccc([N+](=O)[O-])c3)o2)cc1. The van der Waals surface area contributed by atoms with E-state index in [-0.39, 0.29) is 24.2 Å². The molecule has 3 heterocycles. The maximum absolute atomic E-state index is 11.9. The number of pyridine rings is 1. The predicted octanol–water partition coefficient (Wildman–Crippen LogP) is 5.01. The predicted molar refractivity (Wildman–Crippen MR) is 146 cm³/mol. The molecule has 2 N–H and O–H groups in total. The van der Waals surface area contributed by atoms with Crippen molar-refractivity contribution in [2.75, 3.05) is 23.9 Å². The fourth-order valence-corrected chi connectivity index (χ4v) is 4.74. The number of rotatable bonds is 8. The van der Waals surface area contributed by atoms with Gasteiger partial charge in [-0.2, -0.15) is 0 Å². The van der Waals surface area contributed by atoms with E-state index in [1.54, 1.807) is 36.5 Å². The number of hydrogen-bond acceptors (Lipinski definition) is 7. The van der Waals surface area contributed by atoms with Crippen molar-refractivity contribution in [3.63, 3.8) is 0 Å². The molecule has 0 saturated carbocycles. The van der Waals surface area contributed by atoms with Crippen LogP contribution in [0.1, 0.15) is 23.5 Å². The minimum Gasteiger partial charge on any atom is -0.459 e. The van der Waals surface area contributed by atoms with E-state index in [4.69, 9.17) is 21.4 Å². The first-order chi connectivity index (χ1) is 18.4. The van der Waals surface area contributed by atoms with Crippen molar-refractivity contribution in [2.24, 2.45) is 0 Å². The van der Waals surface area contributed by atoms with Gasteiger partial charge in [-0.05, 0) is 60.7 Å². The monoisotopic (exact) mass is 529 g/mol. The number of nitrogens with one attached hydrogen (secondary N) is 2. The van der Waals surface area contributed by atoms with Crippen LogP contribution in [0.4, 0.5) is 17.1 Å². The lowest BCUT2D eigenvalue weighted by Crippen LogP contribution is -2.29. The number of nitro benzene ring substituents is 1. The Balaban J connectivity index is 1.51. The summed E-state index contributed by atoms with van der Waals surface area (Å²) in [5.41, 5.74) is 2.76. The highest BCUT2D eigenvalue weighted by molar-refractivity contribution is 7.80. The van der Waals surface area contributed by atoms with Gasteiger partial charge in [-0.25, -0.2) is 0 Å². The van der Waals surface area contributed by atoms with E-state index < -0.39 is 11.0 Å². The van der Waals surface area contributed by atoms with Gasteiger partial charge in [0.2, 0.25) is 5.91 Å². The highest BCUT2D eigenvalue weighted by atomic mass is 32.1. The first-order valence-corrected chi connectivity index (χ1v) is 12.1. The lowest BCUT2D eigenvalue weighted by atomic mass is 10.0. The van der Waals surface area contributed by atoms with Gasteiger partial charge >= 0.3 is 0 Å². The molecule has 0 spiro atoms. The lowest BCUT2D eigenvalue weighted by molar-refractivity contribution is -0.384. The Hall–Kier alpha value is -4.61. The summed E-state index contributed by atoms with van der Waals surface area (Å²) in [6.07, 6.45) is 1.72. The Kier molecular flexibility index (Phi) is 7.11. The average molecular weight is 530 g/mol. The molecule has 1 aliphatic rings. The molecule has 192 valence electrons. The molecule has 10 nitrogen and oxygen atoms in total. The highest BCUT2D eigenvalue weighted by Crippen LogP contribution is 2.43. The smallest absolute Gasteiger partial charge is 0.270 e. The Labute approximate surface area is 223 Å². The van der Waals surface area contributed by atoms with Crippen molar-refractivity contribution in [1.29, 1.82) is 0 Å². The Morgan fingerprint density at radius 1 is 1.16 bits per heavy atom. The second-order valence-corrected chi connectivity index (χ2v) is 8.92. The van der Waals surface area contributed by atoms with E-state index in [9.17, 15) is 14.9 Å². The number of ether oxygens (including phenoxy) is 1. The van der Waals surface area contributed by atoms with Gasteiger partial charge in [0.25, 0.3) is 5.69 Å². The third kappa shape index (κ3) is 5.10. The molecule has 0 unspecified atom stereocenters. The van der Waals surface area contributed by atoms with Crippen LogP contribution in [0, 0.1) is 10.1 Å². The van der Waals surface area contributed by atoms with E-state index in [1.165, 1.54) is 19.2 Å². The van der Waals surface area contributed by atoms with Crippen molar-refractivity contribution in [3.05, 3.63) is 107 Å². The lowest BCUT2D eigenvalue weighted by Gasteiger charge is -2.26. The summed E-state index contributed by atoms with van der Waals surface area (Å²) < 4.78 is 11.1. The fraction of sp³-hybridized carbons (Fsp3) is 0.148. The molecule has 1 saturated heterocycles. The van der Waals surface area contributed by atoms with Crippen LogP contribution < -0.4 is 15.5 Å². The number of amides is 1. The zero-order chi connectivity index (χ0) is 26.6. The molecule has 11 heteroatoms. The summed E-state index contributed by atoms with van der Waals surface area (Å²) >= 11 is 5.74. The second-order valence-electron chi connectivity index (χ2n) is 8.53. The van der Waals surface area contributed by atoms with Crippen LogP contribution in [0.3, 0.4) is 0 Å². The molecule has 2 atom stereocenters. The summed E-state index contributed by atoms with van der Waals surface area (Å²) in [5, 5.41) is 17.9. The van der Waals surface area contributed by atoms with Crippen LogP contribution in [0.15, 0.2) is 89.5 Å². The Morgan fingerprint density at radius 3 is 2.68 bits per heavy atom. The van der Waals surface area contributed by atoms with Crippen molar-refractivity contribution in [1.82, 2.24) is 10.3 Å². The third-order valence-electron chi connectivity index (χ3n) is 6.06. The molecule has 2 aromatic heterocycles. The van der Waals surface area contributed by atoms with Crippen LogP contribution in [-0.2, 0) is 9.53 Å². The minimum atomic E-state index is -0.438. The highest BCUT2D eigenvalue weighted by Gasteiger charge is 2.42. The topological polar surface area (TPSA) is 123 Å². The van der Waals surface area contributed by atoms with Crippen LogP contribution in [0.25, 0.3) is 11.3 Å². The van der Waals surface area contributed by atoms with Crippen molar-refractivity contribution < 1.29 is 18.9 Å². The van der Waals surface area contributed by atoms with E-state index in [0.29, 0.717) is 27.9 Å². The number of methoxy groups -OCH3 is 1. The second kappa shape index (κ2) is 10.8. The molecule has 1 aliphatic heterocycles. The van der Waals surface area contributed by atoms with Gasteiger partial charge in [-0.1, -0.05) is 18.2 Å². The number of nitro groups is 1. The van der Waals surface area contributed by atoms with Gasteiger partial charge in [0.05, 0.1) is 16.7 Å². The number of benzene rings is 2. The molecule has 1 fully saturated rings. The van der Waals surface area contributed by atoms with Crippen LogP contribution in [0.2, 0.25) is 0 Å². The number of non-ortho nitro benzene ring substituents is 1. The molecule has 0 bridgehead atoms. The molecule has 4 aromatic rings. The molecule has 2 aromatic carbocycles. The number of nitrogens with zero attached hydrogens (tertiary/aromatic N) is 3. The van der Waals surface area contributed by atoms with Crippen LogP contribution in [-0.4, -0.2) is 34.6 Å². The largest absolute Gasteiger partial charge is 0.459 e. The Bertz CT molecular complexity index is 1470. The standard InChI is InChI=1S/C27H23N5O5S/c1-36-16-24(33)29-18-8-10-19(11-9-18)31-26(25(30-27(31)38)21-7-2-3-14-28-21)23-13-12-22(37-23)17-5-4-6-20(15-17)32(34)35/h2-15,25-26H,16H2,1H3,(H,29,33)(H,30,38)/t25-,26+/m1/s1. The summed E-state index contributed by atoms with van der Waals surface area (Å²) in [6, 6.07) is 22.1. The van der Waals surface area contributed by atoms with Gasteiger partial charge in [-0.3, -0.25) is 19.9 Å². The van der Waals surface area contributed by atoms with Gasteiger partial charge < -0.3 is 24.7 Å². The van der Waals surface area contributed by atoms with E-state index in [0.717, 1.165) is 11.4 Å². The quantitative estimate of drug-likeness (QED) is 0.184. The maximum atomic E-state index is 11.9. The summed E-state index contributed by atoms with van der Waals surface area (Å²) in [7, 11) is 1.46. The number of carbonyl (C=O) groups is 1. The molecular weight excluding hydrogens is 506 g/mol. The van der Waals surface area contributed by atoms with E-state index >= 15 is 0 Å². The van der Waals surface area contributed by atoms with Crippen molar-refractivity contribution >= 4 is 40.3 Å². The Morgan fingerprint density at radius 2 is 1.97 bits per heavy atom. The summed E-state index contributed by atoms with van der Waals surface area (Å²) in [6.45, 7) is -0.0406. The van der Waals surface area contributed by atoms with Crippen LogP contribution in [0.5, 0.6) is 0 Å². The molecule has 0 aliphatic carbocycles. The van der Waals surface area contributed by atoms with Gasteiger partial charge in [0, 0.05) is 42.4 Å². The number of hydrogen-bond donors (Lipinski definition) is 2. The zero-order valence-electron chi connectivity index (χ0n) is 20.2.